The van der Waals surface area contributed by atoms with Crippen molar-refractivity contribution in [3.05, 3.63) is 35.9 Å². The van der Waals surface area contributed by atoms with Crippen molar-refractivity contribution in [2.45, 2.75) is 42.1 Å². The Labute approximate surface area is 192 Å². The summed E-state index contributed by atoms with van der Waals surface area (Å²) in [7, 11) is 0. The maximum Gasteiger partial charge on any atom is 1.00 e. The summed E-state index contributed by atoms with van der Waals surface area (Å²) in [5.74, 6) is -2.16. The van der Waals surface area contributed by atoms with Crippen LogP contribution < -0.4 is 67.5 Å². The fourth-order valence-electron chi connectivity index (χ4n) is 3.18. The minimum atomic E-state index is -1.28. The van der Waals surface area contributed by atoms with Gasteiger partial charge in [0.2, 0.25) is 11.8 Å². The van der Waals surface area contributed by atoms with Crippen LogP contribution in [0.1, 0.15) is 25.5 Å². The number of nitrogens with one attached hydrogen (secondary N) is 1. The van der Waals surface area contributed by atoms with E-state index < -0.39 is 46.0 Å². The third-order valence-corrected chi connectivity index (χ3v) is 5.97. The minimum Gasteiger partial charge on any atom is -0.548 e. The molecule has 25 heavy (non-hydrogen) atoms. The summed E-state index contributed by atoms with van der Waals surface area (Å²) >= 11 is 1.34. The SMILES string of the molecule is CC1(C)S[C@@H]2[C@H](NC(=O)[C@H](N)c3ccccc3)C(=O)N2[C@H]1C(=O)[O-].[K+]. The number of amides is 2. The van der Waals surface area contributed by atoms with Crippen LogP contribution >= 0.6 is 11.8 Å². The van der Waals surface area contributed by atoms with Gasteiger partial charge >= 0.3 is 51.4 Å². The second-order valence-electron chi connectivity index (χ2n) is 6.45. The fourth-order valence-corrected chi connectivity index (χ4v) is 4.80. The maximum absolute atomic E-state index is 12.3. The molecule has 0 bridgehead atoms. The number of carbonyl (C=O) groups excluding carboxylic acids is 3. The smallest absolute Gasteiger partial charge is 0.548 e. The molecule has 9 heteroatoms. The number of carbonyl (C=O) groups is 3. The molecule has 0 aliphatic carbocycles. The third kappa shape index (κ3) is 3.68. The van der Waals surface area contributed by atoms with Gasteiger partial charge in [-0.2, -0.15) is 0 Å². The van der Waals surface area contributed by atoms with E-state index in [1.54, 1.807) is 38.1 Å². The molecule has 1 aromatic carbocycles. The van der Waals surface area contributed by atoms with Gasteiger partial charge in [0.1, 0.15) is 17.5 Å². The first-order valence-corrected chi connectivity index (χ1v) is 8.44. The molecule has 2 aliphatic heterocycles. The number of carboxylic acid groups (broad SMARTS) is 1. The first kappa shape index (κ1) is 20.9. The van der Waals surface area contributed by atoms with E-state index in [-0.39, 0.29) is 51.4 Å². The van der Waals surface area contributed by atoms with Crippen molar-refractivity contribution in [1.29, 1.82) is 0 Å². The molecule has 1 aromatic rings. The molecule has 2 amide bonds. The topological polar surface area (TPSA) is 116 Å². The van der Waals surface area contributed by atoms with Gasteiger partial charge in [-0.3, -0.25) is 9.59 Å². The van der Waals surface area contributed by atoms with Gasteiger partial charge in [-0.25, -0.2) is 0 Å². The number of thioether (sulfide) groups is 1. The van der Waals surface area contributed by atoms with Crippen LogP contribution in [0.3, 0.4) is 0 Å². The molecule has 3 rings (SSSR count). The number of benzene rings is 1. The van der Waals surface area contributed by atoms with Gasteiger partial charge in [-0.05, 0) is 19.4 Å². The molecular weight excluding hydrogens is 369 g/mol. The number of carboxylic acids is 1. The predicted molar refractivity (Wildman–Crippen MR) is 86.4 cm³/mol. The second-order valence-corrected chi connectivity index (χ2v) is 8.22. The van der Waals surface area contributed by atoms with E-state index in [1.165, 1.54) is 16.7 Å². The van der Waals surface area contributed by atoms with Crippen molar-refractivity contribution in [3.63, 3.8) is 0 Å². The largest absolute Gasteiger partial charge is 1.00 e. The van der Waals surface area contributed by atoms with Crippen molar-refractivity contribution in [2.75, 3.05) is 0 Å². The van der Waals surface area contributed by atoms with E-state index in [1.807, 2.05) is 6.07 Å². The van der Waals surface area contributed by atoms with Crippen LogP contribution in [0.2, 0.25) is 0 Å². The van der Waals surface area contributed by atoms with E-state index in [0.717, 1.165) is 0 Å². The van der Waals surface area contributed by atoms with Crippen molar-refractivity contribution in [3.8, 4) is 0 Å². The number of β-lactam (4-membered cyclic amide) rings is 1. The fraction of sp³-hybridized carbons (Fsp3) is 0.438. The van der Waals surface area contributed by atoms with Gasteiger partial charge in [0, 0.05) is 4.75 Å². The first-order valence-electron chi connectivity index (χ1n) is 7.56. The Hall–Kier alpha value is -0.424. The summed E-state index contributed by atoms with van der Waals surface area (Å²) < 4.78 is -0.680. The molecule has 0 unspecified atom stereocenters. The Morgan fingerprint density at radius 2 is 1.92 bits per heavy atom. The number of rotatable bonds is 4. The van der Waals surface area contributed by atoms with Crippen molar-refractivity contribution in [1.82, 2.24) is 10.2 Å². The van der Waals surface area contributed by atoms with E-state index in [0.29, 0.717) is 5.56 Å². The summed E-state index contributed by atoms with van der Waals surface area (Å²) in [5.41, 5.74) is 6.57. The molecule has 2 heterocycles. The zero-order chi connectivity index (χ0) is 17.6. The van der Waals surface area contributed by atoms with Crippen LogP contribution in [0.15, 0.2) is 30.3 Å². The Bertz CT molecular complexity index is 700. The zero-order valence-electron chi connectivity index (χ0n) is 14.3. The van der Waals surface area contributed by atoms with Gasteiger partial charge < -0.3 is 25.9 Å². The molecule has 0 saturated carbocycles. The quantitative estimate of drug-likeness (QED) is 0.402. The molecule has 0 spiro atoms. The average molecular weight is 388 g/mol. The average Bonchev–Trinajstić information content (AvgIpc) is 2.80. The van der Waals surface area contributed by atoms with E-state index in [4.69, 9.17) is 5.73 Å². The molecule has 2 saturated heterocycles. The number of hydrogen-bond donors (Lipinski definition) is 2. The number of fused-ring (bicyclic) bond motifs is 1. The normalized spacial score (nSPS) is 27.6. The number of nitrogens with two attached hydrogens (primary N) is 1. The minimum absolute atomic E-state index is 0. The van der Waals surface area contributed by atoms with Crippen LogP contribution in [0.25, 0.3) is 0 Å². The number of nitrogens with zero attached hydrogens (tertiary/aromatic N) is 1. The maximum atomic E-state index is 12.3. The van der Waals surface area contributed by atoms with Crippen molar-refractivity contribution in [2.24, 2.45) is 5.73 Å². The van der Waals surface area contributed by atoms with Crippen LogP contribution in [-0.4, -0.2) is 44.9 Å². The van der Waals surface area contributed by atoms with E-state index in [2.05, 4.69) is 5.32 Å². The van der Waals surface area contributed by atoms with E-state index >= 15 is 0 Å². The Balaban J connectivity index is 0.00000225. The Morgan fingerprint density at radius 1 is 1.32 bits per heavy atom. The molecule has 2 fully saturated rings. The predicted octanol–water partition coefficient (Wildman–Crippen LogP) is -4.01. The number of hydrogen-bond acceptors (Lipinski definition) is 6. The Kier molecular flexibility index (Phi) is 6.41. The molecule has 0 radical (unpaired) electrons. The third-order valence-electron chi connectivity index (χ3n) is 4.40. The van der Waals surface area contributed by atoms with Crippen molar-refractivity contribution < 1.29 is 70.9 Å². The molecule has 4 atom stereocenters. The van der Waals surface area contributed by atoms with Gasteiger partial charge in [0.15, 0.2) is 0 Å². The first-order chi connectivity index (χ1) is 11.2. The number of aliphatic carboxylic acids is 1. The van der Waals surface area contributed by atoms with E-state index in [9.17, 15) is 19.5 Å². The molecule has 7 nitrogen and oxygen atoms in total. The Morgan fingerprint density at radius 3 is 2.48 bits per heavy atom. The van der Waals surface area contributed by atoms with Gasteiger partial charge in [-0.1, -0.05) is 30.3 Å². The van der Waals surface area contributed by atoms with Crippen molar-refractivity contribution >= 4 is 29.5 Å². The summed E-state index contributed by atoms with van der Waals surface area (Å²) in [5, 5.41) is 13.6. The molecular formula is C16H18KN3O4S. The van der Waals surface area contributed by atoms with Crippen LogP contribution in [-0.2, 0) is 14.4 Å². The van der Waals surface area contributed by atoms with Crippen LogP contribution in [0, 0.1) is 0 Å². The van der Waals surface area contributed by atoms with Gasteiger partial charge in [-0.15, -0.1) is 11.8 Å². The zero-order valence-corrected chi connectivity index (χ0v) is 18.2. The molecule has 0 aromatic heterocycles. The monoisotopic (exact) mass is 387 g/mol. The molecule has 2 aliphatic rings. The van der Waals surface area contributed by atoms with Gasteiger partial charge in [0.25, 0.3) is 0 Å². The van der Waals surface area contributed by atoms with Crippen LogP contribution in [0.5, 0.6) is 0 Å². The molecule has 3 N–H and O–H groups in total. The van der Waals surface area contributed by atoms with Gasteiger partial charge in [0.05, 0.1) is 12.0 Å². The second kappa shape index (κ2) is 7.67. The molecule has 128 valence electrons. The standard InChI is InChI=1S/C16H19N3O4S.K/c1-16(2)11(15(22)23)19-13(21)10(14(19)24-16)18-12(20)9(17)8-6-4-3-5-7-8;/h3-7,9-11,14H,17H2,1-2H3,(H,18,20)(H,22,23);/q;+1/p-1/t9-,10-,11+,14-;/m1./s1. The summed E-state index contributed by atoms with van der Waals surface area (Å²) in [6.45, 7) is 3.50. The summed E-state index contributed by atoms with van der Waals surface area (Å²) in [4.78, 5) is 37.2. The summed E-state index contributed by atoms with van der Waals surface area (Å²) in [6.07, 6.45) is 0. The van der Waals surface area contributed by atoms with Crippen LogP contribution in [0.4, 0.5) is 0 Å². The summed E-state index contributed by atoms with van der Waals surface area (Å²) in [6, 6.07) is 6.19.